The monoisotopic (exact) mass is 237 g/mol. The number of rotatable bonds is 3. The summed E-state index contributed by atoms with van der Waals surface area (Å²) in [5.74, 6) is 0.881. The second kappa shape index (κ2) is 4.75. The molecule has 1 aromatic carbocycles. The van der Waals surface area contributed by atoms with Gasteiger partial charge in [-0.25, -0.2) is 0 Å². The van der Waals surface area contributed by atoms with Gasteiger partial charge in [-0.1, -0.05) is 0 Å². The van der Waals surface area contributed by atoms with E-state index in [-0.39, 0.29) is 18.6 Å². The lowest BCUT2D eigenvalue weighted by Gasteiger charge is -2.16. The lowest BCUT2D eigenvalue weighted by Crippen LogP contribution is -2.15. The van der Waals surface area contributed by atoms with Crippen LogP contribution in [-0.2, 0) is 11.2 Å². The van der Waals surface area contributed by atoms with Crippen LogP contribution in [0, 0.1) is 6.92 Å². The van der Waals surface area contributed by atoms with E-state index < -0.39 is 0 Å². The van der Waals surface area contributed by atoms with Crippen molar-refractivity contribution in [2.24, 2.45) is 0 Å². The average Bonchev–Trinajstić information content (AvgIpc) is 2.30. The summed E-state index contributed by atoms with van der Waals surface area (Å²) in [6.07, 6.45) is 2.59. The first-order valence-electron chi connectivity index (χ1n) is 5.59. The van der Waals surface area contributed by atoms with E-state index in [2.05, 4.69) is 0 Å². The van der Waals surface area contributed by atoms with Crippen molar-refractivity contribution in [3.05, 3.63) is 22.8 Å². The number of hydrogen-bond donors (Lipinski definition) is 1. The van der Waals surface area contributed by atoms with Crippen molar-refractivity contribution in [2.75, 3.05) is 13.9 Å². The molecule has 1 heterocycles. The Kier molecular flexibility index (Phi) is 3.33. The summed E-state index contributed by atoms with van der Waals surface area (Å²) in [6, 6.07) is 1.78. The van der Waals surface area contributed by atoms with Crippen LogP contribution in [0.4, 0.5) is 0 Å². The van der Waals surface area contributed by atoms with Gasteiger partial charge >= 0.3 is 6.29 Å². The summed E-state index contributed by atoms with van der Waals surface area (Å²) < 4.78 is 15.9. The van der Waals surface area contributed by atoms with Gasteiger partial charge in [0.1, 0.15) is 17.1 Å². The van der Waals surface area contributed by atoms with E-state index in [0.29, 0.717) is 11.3 Å². The van der Waals surface area contributed by atoms with Crippen LogP contribution < -0.4 is 4.74 Å². The topological polar surface area (TPSA) is 50.0 Å². The number of carbonyl (C=O) groups excluding carboxylic acids is 1. The molecule has 2 rings (SSSR count). The van der Waals surface area contributed by atoms with Gasteiger partial charge in [-0.2, -0.15) is 0 Å². The molecule has 0 spiro atoms. The molecule has 1 unspecified atom stereocenters. The SMILES string of the molecule is COCOc1c(C)c(O)cc2c1C=[O+]C(C)C2. The van der Waals surface area contributed by atoms with E-state index in [0.717, 1.165) is 17.5 Å². The Balaban J connectivity index is 2.47. The first kappa shape index (κ1) is 11.9. The number of aldehydes is 1. The van der Waals surface area contributed by atoms with E-state index in [1.807, 2.05) is 13.8 Å². The summed E-state index contributed by atoms with van der Waals surface area (Å²) in [7, 11) is 1.56. The molecule has 0 amide bonds. The van der Waals surface area contributed by atoms with Crippen LogP contribution in [-0.4, -0.2) is 31.4 Å². The Hall–Kier alpha value is -1.55. The van der Waals surface area contributed by atoms with Gasteiger partial charge in [0.15, 0.2) is 6.79 Å². The van der Waals surface area contributed by atoms with Crippen LogP contribution in [0.1, 0.15) is 28.0 Å². The van der Waals surface area contributed by atoms with Gasteiger partial charge in [-0.15, -0.1) is 0 Å². The lowest BCUT2D eigenvalue weighted by atomic mass is 9.97. The fourth-order valence-electron chi connectivity index (χ4n) is 1.96. The first-order valence-corrected chi connectivity index (χ1v) is 5.59. The molecular formula is C13H17O4+. The number of methoxy groups -OCH3 is 1. The Labute approximate surface area is 100 Å². The van der Waals surface area contributed by atoms with Crippen LogP contribution in [0.2, 0.25) is 0 Å². The van der Waals surface area contributed by atoms with Crippen molar-refractivity contribution in [3.8, 4) is 11.5 Å². The van der Waals surface area contributed by atoms with Gasteiger partial charge in [-0.3, -0.25) is 4.42 Å². The summed E-state index contributed by atoms with van der Waals surface area (Å²) in [5.41, 5.74) is 2.64. The largest absolute Gasteiger partial charge is 0.508 e. The van der Waals surface area contributed by atoms with Crippen LogP contribution in [0.5, 0.6) is 11.5 Å². The third-order valence-corrected chi connectivity index (χ3v) is 2.87. The minimum atomic E-state index is 0.125. The van der Waals surface area contributed by atoms with E-state index in [1.54, 1.807) is 19.5 Å². The standard InChI is InChI=1S/C13H16O4/c1-8-4-10-5-12(14)9(2)13(17-7-15-3)11(10)6-16-8/h5-6,8H,4,7H2,1-3H3/p+1. The fraction of sp³-hybridized carbons (Fsp3) is 0.462. The second-order valence-corrected chi connectivity index (χ2v) is 4.24. The van der Waals surface area contributed by atoms with Gasteiger partial charge in [-0.05, 0) is 18.6 Å². The zero-order valence-electron chi connectivity index (χ0n) is 10.3. The van der Waals surface area contributed by atoms with E-state index in [1.165, 1.54) is 0 Å². The highest BCUT2D eigenvalue weighted by molar-refractivity contribution is 5.84. The normalized spacial score (nSPS) is 17.9. The molecule has 0 fully saturated rings. The zero-order valence-corrected chi connectivity index (χ0v) is 10.3. The summed E-state index contributed by atoms with van der Waals surface area (Å²) >= 11 is 0. The Morgan fingerprint density at radius 1 is 1.53 bits per heavy atom. The molecule has 4 nitrogen and oxygen atoms in total. The van der Waals surface area contributed by atoms with Crippen molar-refractivity contribution in [1.29, 1.82) is 0 Å². The van der Waals surface area contributed by atoms with Gasteiger partial charge in [0.25, 0.3) is 6.10 Å². The number of phenols is 1. The smallest absolute Gasteiger partial charge is 0.320 e. The van der Waals surface area contributed by atoms with Crippen molar-refractivity contribution >= 4 is 6.29 Å². The maximum atomic E-state index is 9.87. The number of benzene rings is 1. The molecule has 0 aromatic heterocycles. The van der Waals surface area contributed by atoms with Crippen LogP contribution in [0.15, 0.2) is 6.07 Å². The molecule has 1 aromatic rings. The van der Waals surface area contributed by atoms with E-state index >= 15 is 0 Å². The molecule has 1 aliphatic rings. The van der Waals surface area contributed by atoms with Crippen molar-refractivity contribution in [3.63, 3.8) is 0 Å². The number of aromatic hydroxyl groups is 1. The van der Waals surface area contributed by atoms with Crippen LogP contribution >= 0.6 is 0 Å². The summed E-state index contributed by atoms with van der Waals surface area (Å²) in [5, 5.41) is 9.87. The second-order valence-electron chi connectivity index (χ2n) is 4.24. The highest BCUT2D eigenvalue weighted by Crippen LogP contribution is 2.35. The number of hydrogen-bond acceptors (Lipinski definition) is 3. The molecule has 17 heavy (non-hydrogen) atoms. The number of ether oxygens (including phenoxy) is 2. The molecular weight excluding hydrogens is 220 g/mol. The quantitative estimate of drug-likeness (QED) is 0.497. The maximum Gasteiger partial charge on any atom is 0.320 e. The number of fused-ring (bicyclic) bond motifs is 1. The van der Waals surface area contributed by atoms with Gasteiger partial charge in [0.2, 0.25) is 0 Å². The molecule has 92 valence electrons. The number of phenolic OH excluding ortho intramolecular Hbond substituents is 1. The predicted octanol–water partition coefficient (Wildman–Crippen LogP) is 1.98. The third-order valence-electron chi connectivity index (χ3n) is 2.87. The Morgan fingerprint density at radius 3 is 3.00 bits per heavy atom. The van der Waals surface area contributed by atoms with Crippen molar-refractivity contribution < 1.29 is 19.0 Å². The van der Waals surface area contributed by atoms with Crippen molar-refractivity contribution in [1.82, 2.24) is 0 Å². The highest BCUT2D eigenvalue weighted by Gasteiger charge is 2.26. The molecule has 1 N–H and O–H groups in total. The highest BCUT2D eigenvalue weighted by atomic mass is 16.7. The van der Waals surface area contributed by atoms with E-state index in [9.17, 15) is 5.11 Å². The Morgan fingerprint density at radius 2 is 2.29 bits per heavy atom. The molecule has 1 atom stereocenters. The molecule has 1 aliphatic heterocycles. The maximum absolute atomic E-state index is 9.87. The van der Waals surface area contributed by atoms with Crippen molar-refractivity contribution in [2.45, 2.75) is 26.4 Å². The summed E-state index contributed by atoms with van der Waals surface area (Å²) in [6.45, 7) is 3.96. The van der Waals surface area contributed by atoms with Crippen LogP contribution in [0.25, 0.3) is 0 Å². The zero-order chi connectivity index (χ0) is 12.4. The van der Waals surface area contributed by atoms with E-state index in [4.69, 9.17) is 13.9 Å². The predicted molar refractivity (Wildman–Crippen MR) is 63.9 cm³/mol. The lowest BCUT2D eigenvalue weighted by molar-refractivity contribution is -0.316. The minimum absolute atomic E-state index is 0.125. The molecule has 4 heteroatoms. The molecule has 0 saturated carbocycles. The third kappa shape index (κ3) is 2.26. The Bertz CT molecular complexity index is 451. The van der Waals surface area contributed by atoms with Gasteiger partial charge in [0.05, 0.1) is 6.42 Å². The molecule has 0 bridgehead atoms. The minimum Gasteiger partial charge on any atom is -0.508 e. The molecule has 0 radical (unpaired) electrons. The fourth-order valence-corrected chi connectivity index (χ4v) is 1.96. The summed E-state index contributed by atoms with van der Waals surface area (Å²) in [4.78, 5) is 0. The van der Waals surface area contributed by atoms with Crippen LogP contribution in [0.3, 0.4) is 0 Å². The average molecular weight is 237 g/mol. The van der Waals surface area contributed by atoms with Gasteiger partial charge < -0.3 is 14.6 Å². The molecule has 0 saturated heterocycles. The first-order chi connectivity index (χ1) is 8.13. The van der Waals surface area contributed by atoms with Gasteiger partial charge in [0, 0.05) is 19.6 Å². The molecule has 0 aliphatic carbocycles.